The number of hydrogen-bond acceptors (Lipinski definition) is 5. The maximum Gasteiger partial charge on any atom is 0.434 e. The van der Waals surface area contributed by atoms with Gasteiger partial charge in [0.15, 0.2) is 6.29 Å². The second kappa shape index (κ2) is 5.92. The predicted octanol–water partition coefficient (Wildman–Crippen LogP) is 1.54. The van der Waals surface area contributed by atoms with E-state index in [2.05, 4.69) is 11.9 Å². The maximum atomic E-state index is 10.7. The van der Waals surface area contributed by atoms with Crippen molar-refractivity contribution in [3.05, 3.63) is 29.4 Å². The van der Waals surface area contributed by atoms with Gasteiger partial charge in [0.05, 0.1) is 12.6 Å². The van der Waals surface area contributed by atoms with Crippen molar-refractivity contribution < 1.29 is 14.4 Å². The molecule has 1 aliphatic heterocycles. The van der Waals surface area contributed by atoms with E-state index >= 15 is 0 Å². The maximum absolute atomic E-state index is 10.7. The molecule has 2 heterocycles. The summed E-state index contributed by atoms with van der Waals surface area (Å²) in [5.74, 6) is -0.197. The SMILES string of the molecule is [CH2]C(Cn1ccnc1[N+](=O)[O-])OC1CCCCO1. The lowest BCUT2D eigenvalue weighted by molar-refractivity contribution is -0.397. The molecule has 0 N–H and O–H groups in total. The number of nitro groups is 1. The molecule has 99 valence electrons. The molecule has 1 aromatic rings. The van der Waals surface area contributed by atoms with Gasteiger partial charge in [0.2, 0.25) is 0 Å². The lowest BCUT2D eigenvalue weighted by Gasteiger charge is -2.25. The molecule has 7 nitrogen and oxygen atoms in total. The molecule has 0 saturated carbocycles. The molecule has 2 rings (SSSR count). The van der Waals surface area contributed by atoms with Crippen molar-refractivity contribution in [2.45, 2.75) is 38.2 Å². The minimum Gasteiger partial charge on any atom is -0.390 e. The fourth-order valence-corrected chi connectivity index (χ4v) is 1.91. The summed E-state index contributed by atoms with van der Waals surface area (Å²) in [5, 5.41) is 10.7. The van der Waals surface area contributed by atoms with Crippen LogP contribution in [0.3, 0.4) is 0 Å². The Kier molecular flexibility index (Phi) is 4.27. The van der Waals surface area contributed by atoms with Crippen LogP contribution in [0.4, 0.5) is 5.95 Å². The minimum absolute atomic E-state index is 0.197. The summed E-state index contributed by atoms with van der Waals surface area (Å²) in [5.41, 5.74) is 0. The molecule has 1 saturated heterocycles. The third-order valence-corrected chi connectivity index (χ3v) is 2.74. The van der Waals surface area contributed by atoms with Crippen molar-refractivity contribution in [3.8, 4) is 0 Å². The van der Waals surface area contributed by atoms with Crippen molar-refractivity contribution >= 4 is 5.95 Å². The number of aromatic nitrogens is 2. The molecular formula is C11H16N3O4. The van der Waals surface area contributed by atoms with Gasteiger partial charge in [0, 0.05) is 6.61 Å². The molecule has 0 aromatic carbocycles. The average molecular weight is 254 g/mol. The molecule has 0 amide bonds. The highest BCUT2D eigenvalue weighted by molar-refractivity contribution is 5.06. The Morgan fingerprint density at radius 2 is 2.56 bits per heavy atom. The average Bonchev–Trinajstić information content (AvgIpc) is 2.78. The summed E-state index contributed by atoms with van der Waals surface area (Å²) in [4.78, 5) is 13.8. The van der Waals surface area contributed by atoms with Gasteiger partial charge in [-0.05, 0) is 31.1 Å². The third kappa shape index (κ3) is 3.27. The zero-order valence-corrected chi connectivity index (χ0v) is 10.0. The Balaban J connectivity index is 1.88. The van der Waals surface area contributed by atoms with Gasteiger partial charge in [0.25, 0.3) is 0 Å². The summed E-state index contributed by atoms with van der Waals surface area (Å²) in [7, 11) is 0. The van der Waals surface area contributed by atoms with Crippen molar-refractivity contribution in [1.29, 1.82) is 0 Å². The number of hydrogen-bond donors (Lipinski definition) is 0. The van der Waals surface area contributed by atoms with Gasteiger partial charge in [-0.2, -0.15) is 0 Å². The van der Waals surface area contributed by atoms with Crippen molar-refractivity contribution in [2.75, 3.05) is 6.61 Å². The van der Waals surface area contributed by atoms with Gasteiger partial charge in [0.1, 0.15) is 12.4 Å². The van der Waals surface area contributed by atoms with E-state index in [0.717, 1.165) is 19.3 Å². The predicted molar refractivity (Wildman–Crippen MR) is 62.7 cm³/mol. The topological polar surface area (TPSA) is 79.4 Å². The second-order valence-corrected chi connectivity index (χ2v) is 4.19. The van der Waals surface area contributed by atoms with Crippen LogP contribution in [-0.4, -0.2) is 33.5 Å². The zero-order chi connectivity index (χ0) is 13.0. The van der Waals surface area contributed by atoms with Crippen LogP contribution in [0.5, 0.6) is 0 Å². The van der Waals surface area contributed by atoms with Crippen LogP contribution in [-0.2, 0) is 16.0 Å². The highest BCUT2D eigenvalue weighted by Crippen LogP contribution is 2.17. The van der Waals surface area contributed by atoms with Crippen molar-refractivity contribution in [1.82, 2.24) is 9.55 Å². The van der Waals surface area contributed by atoms with Crippen LogP contribution in [0, 0.1) is 17.0 Å². The fourth-order valence-electron chi connectivity index (χ4n) is 1.91. The molecule has 2 atom stereocenters. The van der Waals surface area contributed by atoms with Gasteiger partial charge < -0.3 is 19.6 Å². The molecular weight excluding hydrogens is 238 g/mol. The first-order valence-corrected chi connectivity index (χ1v) is 5.92. The summed E-state index contributed by atoms with van der Waals surface area (Å²) in [6.07, 6.45) is 5.25. The first kappa shape index (κ1) is 13.0. The lowest BCUT2D eigenvalue weighted by atomic mass is 10.2. The van der Waals surface area contributed by atoms with Gasteiger partial charge in [-0.25, -0.2) is 4.57 Å². The third-order valence-electron chi connectivity index (χ3n) is 2.74. The van der Waals surface area contributed by atoms with Crippen molar-refractivity contribution in [2.24, 2.45) is 0 Å². The van der Waals surface area contributed by atoms with Crippen LogP contribution in [0.15, 0.2) is 12.4 Å². The summed E-state index contributed by atoms with van der Waals surface area (Å²) < 4.78 is 12.4. The molecule has 1 radical (unpaired) electrons. The standard InChI is InChI=1S/C11H16N3O4/c1-9(18-10-4-2-3-7-17-10)8-13-6-5-12-11(13)14(15)16/h5-6,9-10H,1-4,7-8H2. The quantitative estimate of drug-likeness (QED) is 0.588. The Bertz CT molecular complexity index is 401. The molecule has 18 heavy (non-hydrogen) atoms. The van der Waals surface area contributed by atoms with Crippen molar-refractivity contribution in [3.63, 3.8) is 0 Å². The molecule has 1 aliphatic rings. The fraction of sp³-hybridized carbons (Fsp3) is 0.636. The molecule has 0 bridgehead atoms. The zero-order valence-electron chi connectivity index (χ0n) is 10.0. The van der Waals surface area contributed by atoms with Gasteiger partial charge in [-0.15, -0.1) is 0 Å². The first-order chi connectivity index (χ1) is 8.66. The molecule has 0 aliphatic carbocycles. The smallest absolute Gasteiger partial charge is 0.390 e. The Morgan fingerprint density at radius 1 is 1.72 bits per heavy atom. The Labute approximate surface area is 105 Å². The molecule has 2 unspecified atom stereocenters. The van der Waals surface area contributed by atoms with Gasteiger partial charge in [-0.3, -0.25) is 0 Å². The van der Waals surface area contributed by atoms with E-state index < -0.39 is 11.0 Å². The van der Waals surface area contributed by atoms with E-state index in [0.29, 0.717) is 6.61 Å². The molecule has 1 fully saturated rings. The Hall–Kier alpha value is -1.47. The van der Waals surface area contributed by atoms with Gasteiger partial charge >= 0.3 is 5.95 Å². The van der Waals surface area contributed by atoms with E-state index in [1.54, 1.807) is 6.20 Å². The van der Waals surface area contributed by atoms with E-state index in [1.165, 1.54) is 10.8 Å². The van der Waals surface area contributed by atoms with Crippen LogP contribution in [0.1, 0.15) is 19.3 Å². The summed E-state index contributed by atoms with van der Waals surface area (Å²) in [6, 6.07) is 0. The van der Waals surface area contributed by atoms with Crippen LogP contribution in [0.25, 0.3) is 0 Å². The normalized spacial score (nSPS) is 21.7. The van der Waals surface area contributed by atoms with Crippen LogP contribution in [0.2, 0.25) is 0 Å². The number of nitrogens with zero attached hydrogens (tertiary/aromatic N) is 3. The van der Waals surface area contributed by atoms with Crippen LogP contribution < -0.4 is 0 Å². The van der Waals surface area contributed by atoms with Gasteiger partial charge in [-0.1, -0.05) is 4.98 Å². The largest absolute Gasteiger partial charge is 0.434 e. The van der Waals surface area contributed by atoms with E-state index in [9.17, 15) is 10.1 Å². The minimum atomic E-state index is -0.524. The van der Waals surface area contributed by atoms with Crippen LogP contribution >= 0.6 is 0 Å². The van der Waals surface area contributed by atoms with E-state index in [1.807, 2.05) is 0 Å². The summed E-state index contributed by atoms with van der Waals surface area (Å²) >= 11 is 0. The Morgan fingerprint density at radius 3 is 3.22 bits per heavy atom. The van der Waals surface area contributed by atoms with E-state index in [4.69, 9.17) is 9.47 Å². The summed E-state index contributed by atoms with van der Waals surface area (Å²) in [6.45, 7) is 4.82. The highest BCUT2D eigenvalue weighted by atomic mass is 16.7. The number of ether oxygens (including phenoxy) is 2. The molecule has 7 heteroatoms. The number of imidazole rings is 1. The highest BCUT2D eigenvalue weighted by Gasteiger charge is 2.21. The monoisotopic (exact) mass is 254 g/mol. The lowest BCUT2D eigenvalue weighted by Crippen LogP contribution is -2.29. The molecule has 0 spiro atoms. The molecule has 1 aromatic heterocycles. The van der Waals surface area contributed by atoms with E-state index in [-0.39, 0.29) is 18.8 Å². The number of rotatable bonds is 5. The first-order valence-electron chi connectivity index (χ1n) is 5.92. The second-order valence-electron chi connectivity index (χ2n) is 4.19.